The molecule has 17 heavy (non-hydrogen) atoms. The fraction of sp³-hybridized carbons (Fsp3) is 0.500. The first kappa shape index (κ1) is 12.1. The minimum absolute atomic E-state index is 0.111. The van der Waals surface area contributed by atoms with Crippen LogP contribution in [0.15, 0.2) is 24.3 Å². The van der Waals surface area contributed by atoms with Gasteiger partial charge < -0.3 is 9.64 Å². The van der Waals surface area contributed by atoms with Crippen molar-refractivity contribution in [1.82, 2.24) is 0 Å². The third-order valence-electron chi connectivity index (χ3n) is 3.06. The first-order valence-corrected chi connectivity index (χ1v) is 6.07. The van der Waals surface area contributed by atoms with Gasteiger partial charge in [-0.3, -0.25) is 4.79 Å². The number of benzene rings is 1. The van der Waals surface area contributed by atoms with E-state index >= 15 is 0 Å². The summed E-state index contributed by atoms with van der Waals surface area (Å²) in [6, 6.07) is 7.81. The molecule has 0 aromatic heterocycles. The van der Waals surface area contributed by atoms with Crippen LogP contribution in [-0.2, 0) is 4.74 Å². The maximum Gasteiger partial charge on any atom is 0.159 e. The summed E-state index contributed by atoms with van der Waals surface area (Å²) in [7, 11) is 0. The number of hydrogen-bond donors (Lipinski definition) is 0. The maximum atomic E-state index is 11.2. The SMILES string of the molecule is CC(=O)c1ccc(N2C[C@@H](C)O[C@@H](C)C2)cc1. The molecule has 0 N–H and O–H groups in total. The monoisotopic (exact) mass is 233 g/mol. The van der Waals surface area contributed by atoms with Crippen molar-refractivity contribution in [3.05, 3.63) is 29.8 Å². The van der Waals surface area contributed by atoms with E-state index in [1.807, 2.05) is 24.3 Å². The molecule has 0 aliphatic carbocycles. The van der Waals surface area contributed by atoms with Crippen LogP contribution in [0.2, 0.25) is 0 Å². The van der Waals surface area contributed by atoms with E-state index in [-0.39, 0.29) is 18.0 Å². The van der Waals surface area contributed by atoms with Crippen molar-refractivity contribution < 1.29 is 9.53 Å². The van der Waals surface area contributed by atoms with Gasteiger partial charge in [0.25, 0.3) is 0 Å². The van der Waals surface area contributed by atoms with Crippen molar-refractivity contribution in [2.75, 3.05) is 18.0 Å². The Bertz CT molecular complexity index is 389. The summed E-state index contributed by atoms with van der Waals surface area (Å²) >= 11 is 0. The number of nitrogens with zero attached hydrogens (tertiary/aromatic N) is 1. The molecule has 0 bridgehead atoms. The third-order valence-corrected chi connectivity index (χ3v) is 3.06. The molecule has 1 heterocycles. The van der Waals surface area contributed by atoms with E-state index < -0.39 is 0 Å². The van der Waals surface area contributed by atoms with Crippen LogP contribution in [0.1, 0.15) is 31.1 Å². The van der Waals surface area contributed by atoms with Crippen LogP contribution in [-0.4, -0.2) is 31.1 Å². The lowest BCUT2D eigenvalue weighted by molar-refractivity contribution is -0.00522. The van der Waals surface area contributed by atoms with Crippen molar-refractivity contribution in [1.29, 1.82) is 0 Å². The van der Waals surface area contributed by atoms with Gasteiger partial charge in [0, 0.05) is 24.3 Å². The Morgan fingerprint density at radius 2 is 1.71 bits per heavy atom. The van der Waals surface area contributed by atoms with E-state index in [2.05, 4.69) is 18.7 Å². The molecule has 2 rings (SSSR count). The minimum atomic E-state index is 0.111. The van der Waals surface area contributed by atoms with E-state index in [1.54, 1.807) is 6.92 Å². The highest BCUT2D eigenvalue weighted by Crippen LogP contribution is 2.20. The molecule has 1 aromatic carbocycles. The van der Waals surface area contributed by atoms with E-state index in [4.69, 9.17) is 4.74 Å². The number of carbonyl (C=O) groups is 1. The molecule has 0 unspecified atom stereocenters. The molecule has 0 spiro atoms. The van der Waals surface area contributed by atoms with Crippen LogP contribution < -0.4 is 4.90 Å². The van der Waals surface area contributed by atoms with Crippen molar-refractivity contribution in [2.45, 2.75) is 33.0 Å². The average molecular weight is 233 g/mol. The molecule has 0 saturated carbocycles. The molecule has 1 aliphatic rings. The van der Waals surface area contributed by atoms with Crippen molar-refractivity contribution in [2.24, 2.45) is 0 Å². The number of morpholine rings is 1. The molecule has 2 atom stereocenters. The zero-order valence-corrected chi connectivity index (χ0v) is 10.6. The van der Waals surface area contributed by atoms with Crippen molar-refractivity contribution in [3.8, 4) is 0 Å². The summed E-state index contributed by atoms with van der Waals surface area (Å²) in [5.74, 6) is 0.111. The zero-order chi connectivity index (χ0) is 12.4. The van der Waals surface area contributed by atoms with Crippen LogP contribution in [0.3, 0.4) is 0 Å². The Hall–Kier alpha value is -1.35. The number of Topliss-reactive ketones (excluding diaryl/α,β-unsaturated/α-hetero) is 1. The number of ether oxygens (including phenoxy) is 1. The highest BCUT2D eigenvalue weighted by molar-refractivity contribution is 5.94. The number of rotatable bonds is 2. The fourth-order valence-corrected chi connectivity index (χ4v) is 2.30. The molecule has 0 radical (unpaired) electrons. The molecule has 1 saturated heterocycles. The van der Waals surface area contributed by atoms with Gasteiger partial charge in [-0.05, 0) is 45.0 Å². The summed E-state index contributed by atoms with van der Waals surface area (Å²) < 4.78 is 5.70. The molecule has 1 aromatic rings. The van der Waals surface area contributed by atoms with E-state index in [0.29, 0.717) is 0 Å². The predicted octanol–water partition coefficient (Wildman–Crippen LogP) is 2.50. The normalized spacial score (nSPS) is 24.8. The second-order valence-corrected chi connectivity index (χ2v) is 4.77. The predicted molar refractivity (Wildman–Crippen MR) is 68.7 cm³/mol. The molecular weight excluding hydrogens is 214 g/mol. The second kappa shape index (κ2) is 4.88. The topological polar surface area (TPSA) is 29.5 Å². The van der Waals surface area contributed by atoms with Crippen LogP contribution >= 0.6 is 0 Å². The van der Waals surface area contributed by atoms with E-state index in [0.717, 1.165) is 24.3 Å². The Morgan fingerprint density at radius 3 is 2.18 bits per heavy atom. The number of carbonyl (C=O) groups excluding carboxylic acids is 1. The summed E-state index contributed by atoms with van der Waals surface area (Å²) in [5, 5.41) is 0. The third kappa shape index (κ3) is 2.86. The van der Waals surface area contributed by atoms with Gasteiger partial charge in [-0.25, -0.2) is 0 Å². The Labute approximate surface area is 102 Å². The van der Waals surface area contributed by atoms with Gasteiger partial charge in [-0.15, -0.1) is 0 Å². The summed E-state index contributed by atoms with van der Waals surface area (Å²) in [6.45, 7) is 7.58. The molecule has 1 fully saturated rings. The maximum absolute atomic E-state index is 11.2. The lowest BCUT2D eigenvalue weighted by atomic mass is 10.1. The average Bonchev–Trinajstić information content (AvgIpc) is 2.28. The van der Waals surface area contributed by atoms with Crippen LogP contribution in [0.25, 0.3) is 0 Å². The smallest absolute Gasteiger partial charge is 0.159 e. The minimum Gasteiger partial charge on any atom is -0.372 e. The van der Waals surface area contributed by atoms with E-state index in [9.17, 15) is 4.79 Å². The fourth-order valence-electron chi connectivity index (χ4n) is 2.30. The molecule has 3 nitrogen and oxygen atoms in total. The largest absolute Gasteiger partial charge is 0.372 e. The Kier molecular flexibility index (Phi) is 3.48. The van der Waals surface area contributed by atoms with Gasteiger partial charge in [0.15, 0.2) is 5.78 Å². The highest BCUT2D eigenvalue weighted by Gasteiger charge is 2.22. The second-order valence-electron chi connectivity index (χ2n) is 4.77. The summed E-state index contributed by atoms with van der Waals surface area (Å²) in [5.41, 5.74) is 1.93. The summed E-state index contributed by atoms with van der Waals surface area (Å²) in [4.78, 5) is 13.5. The summed E-state index contributed by atoms with van der Waals surface area (Å²) in [6.07, 6.45) is 0.512. The standard InChI is InChI=1S/C14H19NO2/c1-10-8-15(9-11(2)17-10)14-6-4-13(5-7-14)12(3)16/h4-7,10-11H,8-9H2,1-3H3/t10-,11+. The number of ketones is 1. The van der Waals surface area contributed by atoms with Gasteiger partial charge in [-0.1, -0.05) is 0 Å². The van der Waals surface area contributed by atoms with Gasteiger partial charge >= 0.3 is 0 Å². The molecule has 0 amide bonds. The van der Waals surface area contributed by atoms with Gasteiger partial charge in [0.1, 0.15) is 0 Å². The lowest BCUT2D eigenvalue weighted by Gasteiger charge is -2.36. The first-order chi connectivity index (χ1) is 8.06. The number of hydrogen-bond acceptors (Lipinski definition) is 3. The first-order valence-electron chi connectivity index (χ1n) is 6.07. The Morgan fingerprint density at radius 1 is 1.18 bits per heavy atom. The van der Waals surface area contributed by atoms with Gasteiger partial charge in [-0.2, -0.15) is 0 Å². The lowest BCUT2D eigenvalue weighted by Crippen LogP contribution is -2.45. The quantitative estimate of drug-likeness (QED) is 0.735. The van der Waals surface area contributed by atoms with Gasteiger partial charge in [0.05, 0.1) is 12.2 Å². The molecule has 1 aliphatic heterocycles. The highest BCUT2D eigenvalue weighted by atomic mass is 16.5. The van der Waals surface area contributed by atoms with Crippen LogP contribution in [0.5, 0.6) is 0 Å². The van der Waals surface area contributed by atoms with Crippen LogP contribution in [0.4, 0.5) is 5.69 Å². The number of anilines is 1. The van der Waals surface area contributed by atoms with Crippen molar-refractivity contribution >= 4 is 11.5 Å². The molecule has 3 heteroatoms. The molecular formula is C14H19NO2. The van der Waals surface area contributed by atoms with Crippen molar-refractivity contribution in [3.63, 3.8) is 0 Å². The van der Waals surface area contributed by atoms with Crippen LogP contribution in [0, 0.1) is 0 Å². The van der Waals surface area contributed by atoms with Gasteiger partial charge in [0.2, 0.25) is 0 Å². The van der Waals surface area contributed by atoms with E-state index in [1.165, 1.54) is 0 Å². The Balaban J connectivity index is 2.14. The molecule has 92 valence electrons. The zero-order valence-electron chi connectivity index (χ0n) is 10.6.